The number of amides is 1. The van der Waals surface area contributed by atoms with Crippen molar-refractivity contribution in [3.05, 3.63) is 53.6 Å². The lowest BCUT2D eigenvalue weighted by Gasteiger charge is -2.20. The molecule has 29 heavy (non-hydrogen) atoms. The van der Waals surface area contributed by atoms with Gasteiger partial charge in [-0.25, -0.2) is 9.97 Å². The summed E-state index contributed by atoms with van der Waals surface area (Å²) < 4.78 is 5.74. The number of para-hydroxylation sites is 2. The highest BCUT2D eigenvalue weighted by molar-refractivity contribution is 5.95. The normalized spacial score (nSPS) is 15.5. The summed E-state index contributed by atoms with van der Waals surface area (Å²) >= 11 is 0. The van der Waals surface area contributed by atoms with Crippen LogP contribution in [0.3, 0.4) is 0 Å². The van der Waals surface area contributed by atoms with E-state index in [0.717, 1.165) is 61.4 Å². The lowest BCUT2D eigenvalue weighted by atomic mass is 10.1. The fraction of sp³-hybridized carbons (Fsp3) is 0.348. The van der Waals surface area contributed by atoms with E-state index in [1.54, 1.807) is 0 Å². The second-order valence-corrected chi connectivity index (χ2v) is 7.70. The molecule has 148 valence electrons. The maximum Gasteiger partial charge on any atom is 0.263 e. The Hall–Kier alpha value is -3.15. The van der Waals surface area contributed by atoms with Crippen molar-refractivity contribution in [3.8, 4) is 5.75 Å². The summed E-state index contributed by atoms with van der Waals surface area (Å²) in [5.74, 6) is 1.76. The van der Waals surface area contributed by atoms with Gasteiger partial charge in [-0.15, -0.1) is 0 Å². The number of ether oxygens (including phenoxy) is 1. The van der Waals surface area contributed by atoms with Crippen molar-refractivity contribution in [1.82, 2.24) is 9.97 Å². The van der Waals surface area contributed by atoms with Crippen LogP contribution in [0.4, 0.5) is 11.6 Å². The minimum atomic E-state index is -0.226. The van der Waals surface area contributed by atoms with Crippen LogP contribution < -0.4 is 15.0 Å². The topological polar surface area (TPSA) is 67.3 Å². The van der Waals surface area contributed by atoms with Crippen molar-refractivity contribution in [3.63, 3.8) is 0 Å². The lowest BCUT2D eigenvalue weighted by molar-refractivity contribution is -0.118. The molecule has 1 amide bonds. The van der Waals surface area contributed by atoms with Crippen molar-refractivity contribution in [2.24, 2.45) is 0 Å². The van der Waals surface area contributed by atoms with Crippen molar-refractivity contribution in [1.29, 1.82) is 0 Å². The zero-order valence-corrected chi connectivity index (χ0v) is 16.4. The number of hydrogen-bond acceptors (Lipinski definition) is 5. The summed E-state index contributed by atoms with van der Waals surface area (Å²) in [5, 5.41) is 2.92. The van der Waals surface area contributed by atoms with Gasteiger partial charge in [-0.2, -0.15) is 0 Å². The maximum atomic E-state index is 12.6. The Kier molecular flexibility index (Phi) is 4.76. The zero-order chi connectivity index (χ0) is 19.6. The number of rotatable bonds is 5. The van der Waals surface area contributed by atoms with Crippen molar-refractivity contribution >= 4 is 28.6 Å². The van der Waals surface area contributed by atoms with Crippen molar-refractivity contribution in [2.45, 2.75) is 32.1 Å². The summed E-state index contributed by atoms with van der Waals surface area (Å²) in [7, 11) is 0. The Bertz CT molecular complexity index is 1060. The molecule has 0 spiro atoms. The van der Waals surface area contributed by atoms with Gasteiger partial charge in [-0.3, -0.25) is 4.79 Å². The molecule has 0 unspecified atom stereocenters. The molecule has 0 radical (unpaired) electrons. The molecule has 1 N–H and O–H groups in total. The van der Waals surface area contributed by atoms with Crippen LogP contribution in [-0.2, 0) is 17.6 Å². The van der Waals surface area contributed by atoms with Gasteiger partial charge in [0, 0.05) is 13.1 Å². The maximum absolute atomic E-state index is 12.6. The highest BCUT2D eigenvalue weighted by Gasteiger charge is 2.21. The largest absolute Gasteiger partial charge is 0.484 e. The van der Waals surface area contributed by atoms with Crippen LogP contribution in [-0.4, -0.2) is 35.6 Å². The van der Waals surface area contributed by atoms with E-state index in [0.29, 0.717) is 5.82 Å². The molecule has 6 nitrogen and oxygen atoms in total. The number of carbonyl (C=O) groups is 1. The number of carbonyl (C=O) groups excluding carboxylic acids is 1. The molecule has 1 aliphatic heterocycles. The Morgan fingerprint density at radius 1 is 0.966 bits per heavy atom. The van der Waals surface area contributed by atoms with E-state index in [4.69, 9.17) is 9.72 Å². The van der Waals surface area contributed by atoms with E-state index in [9.17, 15) is 4.79 Å². The van der Waals surface area contributed by atoms with Gasteiger partial charge in [-0.1, -0.05) is 18.2 Å². The van der Waals surface area contributed by atoms with Gasteiger partial charge in [0.15, 0.2) is 18.2 Å². The molecule has 2 heterocycles. The molecule has 1 saturated heterocycles. The minimum absolute atomic E-state index is 0.0489. The molecule has 0 bridgehead atoms. The van der Waals surface area contributed by atoms with E-state index in [2.05, 4.69) is 27.3 Å². The average Bonchev–Trinajstić information content (AvgIpc) is 3.43. The van der Waals surface area contributed by atoms with E-state index < -0.39 is 0 Å². The number of aryl methyl sites for hydroxylation is 2. The first-order chi connectivity index (χ1) is 14.3. The molecular formula is C23H24N4O2. The number of nitrogens with zero attached hydrogens (tertiary/aromatic N) is 3. The first-order valence-corrected chi connectivity index (χ1v) is 10.3. The summed E-state index contributed by atoms with van der Waals surface area (Å²) in [6.45, 7) is 1.82. The Balaban J connectivity index is 1.33. The molecule has 5 rings (SSSR count). The van der Waals surface area contributed by atoms with Crippen molar-refractivity contribution < 1.29 is 9.53 Å². The number of anilines is 2. The molecular weight excluding hydrogens is 364 g/mol. The predicted molar refractivity (Wildman–Crippen MR) is 114 cm³/mol. The molecule has 1 aliphatic carbocycles. The molecule has 2 aliphatic rings. The summed E-state index contributed by atoms with van der Waals surface area (Å²) in [6, 6.07) is 13.8. The summed E-state index contributed by atoms with van der Waals surface area (Å²) in [4.78, 5) is 24.2. The first-order valence-electron chi connectivity index (χ1n) is 10.3. The van der Waals surface area contributed by atoms with E-state index in [-0.39, 0.29) is 12.5 Å². The fourth-order valence-electron chi connectivity index (χ4n) is 4.18. The van der Waals surface area contributed by atoms with Crippen LogP contribution in [0.15, 0.2) is 42.5 Å². The number of nitrogens with one attached hydrogen (secondary N) is 1. The smallest absolute Gasteiger partial charge is 0.263 e. The van der Waals surface area contributed by atoms with Gasteiger partial charge >= 0.3 is 0 Å². The lowest BCUT2D eigenvalue weighted by Crippen LogP contribution is -2.25. The third-order valence-electron chi connectivity index (χ3n) is 5.66. The standard InChI is InChI=1S/C23H24N4O2/c28-21(15-29-18-11-10-16-6-5-7-17(16)14-18)26-22-23(27-12-3-4-13-27)25-20-9-2-1-8-19(20)24-22/h1-2,8-11,14H,3-7,12-13,15H2,(H,24,26,28). The second-order valence-electron chi connectivity index (χ2n) is 7.70. The minimum Gasteiger partial charge on any atom is -0.484 e. The second kappa shape index (κ2) is 7.70. The molecule has 3 aromatic rings. The Labute approximate surface area is 169 Å². The molecule has 0 atom stereocenters. The third kappa shape index (κ3) is 3.75. The first kappa shape index (κ1) is 17.9. The number of aromatic nitrogens is 2. The molecule has 1 aromatic heterocycles. The van der Waals surface area contributed by atoms with Crippen LogP contribution in [0.2, 0.25) is 0 Å². The molecule has 6 heteroatoms. The van der Waals surface area contributed by atoms with Crippen LogP contribution in [0, 0.1) is 0 Å². The Morgan fingerprint density at radius 3 is 2.55 bits per heavy atom. The zero-order valence-electron chi connectivity index (χ0n) is 16.4. The number of fused-ring (bicyclic) bond motifs is 2. The Morgan fingerprint density at radius 2 is 1.72 bits per heavy atom. The molecule has 0 saturated carbocycles. The summed E-state index contributed by atoms with van der Waals surface area (Å²) in [6.07, 6.45) is 5.67. The average molecular weight is 388 g/mol. The van der Waals surface area contributed by atoms with Crippen LogP contribution in [0.1, 0.15) is 30.4 Å². The summed E-state index contributed by atoms with van der Waals surface area (Å²) in [5.41, 5.74) is 4.33. The van der Waals surface area contributed by atoms with Gasteiger partial charge in [0.1, 0.15) is 5.75 Å². The predicted octanol–water partition coefficient (Wildman–Crippen LogP) is 3.74. The van der Waals surface area contributed by atoms with E-state index >= 15 is 0 Å². The van der Waals surface area contributed by atoms with Crippen LogP contribution in [0.5, 0.6) is 5.75 Å². The number of benzene rings is 2. The van der Waals surface area contributed by atoms with Gasteiger partial charge in [0.05, 0.1) is 11.0 Å². The highest BCUT2D eigenvalue weighted by Crippen LogP contribution is 2.28. The number of hydrogen-bond donors (Lipinski definition) is 1. The SMILES string of the molecule is O=C(COc1ccc2c(c1)CCC2)Nc1nc2ccccc2nc1N1CCCC1. The highest BCUT2D eigenvalue weighted by atomic mass is 16.5. The van der Waals surface area contributed by atoms with Gasteiger partial charge in [-0.05, 0) is 67.5 Å². The molecule has 2 aromatic carbocycles. The van der Waals surface area contributed by atoms with E-state index in [1.807, 2.05) is 30.3 Å². The fourth-order valence-corrected chi connectivity index (χ4v) is 4.18. The van der Waals surface area contributed by atoms with E-state index in [1.165, 1.54) is 17.5 Å². The molecule has 1 fully saturated rings. The van der Waals surface area contributed by atoms with Crippen LogP contribution >= 0.6 is 0 Å². The quantitative estimate of drug-likeness (QED) is 0.721. The van der Waals surface area contributed by atoms with Crippen molar-refractivity contribution in [2.75, 3.05) is 29.9 Å². The third-order valence-corrected chi connectivity index (χ3v) is 5.66. The monoisotopic (exact) mass is 388 g/mol. The van der Waals surface area contributed by atoms with Gasteiger partial charge in [0.25, 0.3) is 5.91 Å². The van der Waals surface area contributed by atoms with Crippen LogP contribution in [0.25, 0.3) is 11.0 Å². The van der Waals surface area contributed by atoms with Gasteiger partial charge < -0.3 is 15.0 Å². The van der Waals surface area contributed by atoms with Gasteiger partial charge in [0.2, 0.25) is 0 Å².